The molecule has 2 N–H and O–H groups in total. The first kappa shape index (κ1) is 19.3. The molecule has 4 rings (SSSR count). The molecule has 1 aromatic carbocycles. The minimum absolute atomic E-state index is 0.193. The van der Waals surface area contributed by atoms with Gasteiger partial charge < -0.3 is 5.11 Å². The minimum Gasteiger partial charge on any atom is -0.396 e. The summed E-state index contributed by atoms with van der Waals surface area (Å²) in [4.78, 5) is 4.87. The molecule has 1 saturated heterocycles. The van der Waals surface area contributed by atoms with Crippen LogP contribution in [0.5, 0.6) is 0 Å². The predicted octanol–water partition coefficient (Wildman–Crippen LogP) is 3.35. The van der Waals surface area contributed by atoms with Crippen molar-refractivity contribution in [3.63, 3.8) is 0 Å². The van der Waals surface area contributed by atoms with Crippen LogP contribution in [0.1, 0.15) is 17.5 Å². The zero-order valence-corrected chi connectivity index (χ0v) is 16.5. The van der Waals surface area contributed by atoms with Crippen molar-refractivity contribution in [1.82, 2.24) is 20.0 Å². The molecule has 0 spiro atoms. The molecule has 148 valence electrons. The molecule has 1 aliphatic rings. The fourth-order valence-electron chi connectivity index (χ4n) is 3.91. The number of aromatic amines is 1. The number of hydrogen-bond donors (Lipinski definition) is 2. The molecule has 3 aromatic rings. The number of benzene rings is 1. The van der Waals surface area contributed by atoms with E-state index in [2.05, 4.69) is 36.8 Å². The summed E-state index contributed by atoms with van der Waals surface area (Å²) in [6.07, 6.45) is 2.60. The third-order valence-corrected chi connectivity index (χ3v) is 6.07. The maximum atomic E-state index is 13.6. The molecule has 28 heavy (non-hydrogen) atoms. The lowest BCUT2D eigenvalue weighted by Crippen LogP contribution is -2.52. The van der Waals surface area contributed by atoms with Gasteiger partial charge in [0.2, 0.25) is 0 Å². The molecule has 1 atom stereocenters. The van der Waals surface area contributed by atoms with Gasteiger partial charge in [-0.25, -0.2) is 4.39 Å². The Morgan fingerprint density at radius 2 is 2.18 bits per heavy atom. The molecule has 5 nitrogen and oxygen atoms in total. The van der Waals surface area contributed by atoms with E-state index in [9.17, 15) is 9.50 Å². The van der Waals surface area contributed by atoms with Crippen LogP contribution in [0.25, 0.3) is 11.3 Å². The van der Waals surface area contributed by atoms with E-state index in [4.69, 9.17) is 0 Å². The van der Waals surface area contributed by atoms with Crippen LogP contribution < -0.4 is 0 Å². The minimum atomic E-state index is -0.247. The second kappa shape index (κ2) is 8.96. The van der Waals surface area contributed by atoms with Crippen LogP contribution in [0, 0.1) is 5.82 Å². The number of hydrogen-bond acceptors (Lipinski definition) is 5. The number of thiophene rings is 1. The summed E-state index contributed by atoms with van der Waals surface area (Å²) in [5, 5.41) is 21.0. The standard InChI is InChI=1S/C21H25FN4OS/c22-19-3-1-2-17(10-19)21-18(11-23-24-21)13-25-6-7-26(20(14-25)4-8-27)12-16-5-9-28-15-16/h1-3,5,9-11,15,20,27H,4,6-8,12-14H2,(H,23,24)/t20-/m1/s1. The Balaban J connectivity index is 1.44. The molecule has 0 radical (unpaired) electrons. The van der Waals surface area contributed by atoms with Gasteiger partial charge in [0.05, 0.1) is 11.9 Å². The number of aliphatic hydroxyl groups excluding tert-OH is 1. The zero-order chi connectivity index (χ0) is 19.3. The average Bonchev–Trinajstić information content (AvgIpc) is 3.36. The van der Waals surface area contributed by atoms with Gasteiger partial charge in [-0.3, -0.25) is 14.9 Å². The van der Waals surface area contributed by atoms with Crippen LogP contribution in [0.2, 0.25) is 0 Å². The Bertz CT molecular complexity index is 882. The van der Waals surface area contributed by atoms with E-state index in [0.29, 0.717) is 6.04 Å². The van der Waals surface area contributed by atoms with Gasteiger partial charge in [0, 0.05) is 56.5 Å². The van der Waals surface area contributed by atoms with Crippen molar-refractivity contribution in [2.75, 3.05) is 26.2 Å². The van der Waals surface area contributed by atoms with Crippen LogP contribution in [0.15, 0.2) is 47.3 Å². The van der Waals surface area contributed by atoms with Crippen LogP contribution in [0.4, 0.5) is 4.39 Å². The average molecular weight is 401 g/mol. The zero-order valence-electron chi connectivity index (χ0n) is 15.7. The second-order valence-corrected chi connectivity index (χ2v) is 8.06. The predicted molar refractivity (Wildman–Crippen MR) is 109 cm³/mol. The molecule has 0 aliphatic carbocycles. The van der Waals surface area contributed by atoms with Gasteiger partial charge in [0.25, 0.3) is 0 Å². The monoisotopic (exact) mass is 400 g/mol. The van der Waals surface area contributed by atoms with Crippen molar-refractivity contribution in [2.24, 2.45) is 0 Å². The van der Waals surface area contributed by atoms with Crippen molar-refractivity contribution in [2.45, 2.75) is 25.6 Å². The Labute approximate surface area is 168 Å². The van der Waals surface area contributed by atoms with Gasteiger partial charge in [-0.2, -0.15) is 16.4 Å². The molecule has 0 saturated carbocycles. The van der Waals surface area contributed by atoms with Crippen LogP contribution in [-0.4, -0.2) is 57.4 Å². The number of nitrogens with one attached hydrogen (secondary N) is 1. The summed E-state index contributed by atoms with van der Waals surface area (Å²) in [5.41, 5.74) is 4.10. The molecule has 3 heterocycles. The lowest BCUT2D eigenvalue weighted by Gasteiger charge is -2.41. The summed E-state index contributed by atoms with van der Waals surface area (Å²) >= 11 is 1.72. The Morgan fingerprint density at radius 3 is 2.96 bits per heavy atom. The summed E-state index contributed by atoms with van der Waals surface area (Å²) in [6.45, 7) is 4.71. The van der Waals surface area contributed by atoms with Crippen LogP contribution >= 0.6 is 11.3 Å². The Morgan fingerprint density at radius 1 is 1.25 bits per heavy atom. The maximum absolute atomic E-state index is 13.6. The van der Waals surface area contributed by atoms with E-state index in [-0.39, 0.29) is 12.4 Å². The summed E-state index contributed by atoms with van der Waals surface area (Å²) < 4.78 is 13.6. The first-order chi connectivity index (χ1) is 13.7. The van der Waals surface area contributed by atoms with Crippen molar-refractivity contribution >= 4 is 11.3 Å². The van der Waals surface area contributed by atoms with E-state index >= 15 is 0 Å². The smallest absolute Gasteiger partial charge is 0.123 e. The fourth-order valence-corrected chi connectivity index (χ4v) is 4.57. The fraction of sp³-hybridized carbons (Fsp3) is 0.381. The van der Waals surface area contributed by atoms with Gasteiger partial charge in [0.1, 0.15) is 5.82 Å². The largest absolute Gasteiger partial charge is 0.396 e. The highest BCUT2D eigenvalue weighted by Crippen LogP contribution is 2.25. The van der Waals surface area contributed by atoms with Crippen molar-refractivity contribution < 1.29 is 9.50 Å². The molecular formula is C21H25FN4OS. The summed E-state index contributed by atoms with van der Waals surface area (Å²) in [7, 11) is 0. The SMILES string of the molecule is OCC[C@@H]1CN(Cc2cn[nH]c2-c2cccc(F)c2)CCN1Cc1ccsc1. The lowest BCUT2D eigenvalue weighted by molar-refractivity contribution is 0.0501. The second-order valence-electron chi connectivity index (χ2n) is 7.28. The van der Waals surface area contributed by atoms with E-state index in [1.54, 1.807) is 17.4 Å². The highest BCUT2D eigenvalue weighted by Gasteiger charge is 2.27. The lowest BCUT2D eigenvalue weighted by atomic mass is 10.0. The molecule has 2 aromatic heterocycles. The molecule has 1 fully saturated rings. The molecule has 7 heteroatoms. The Kier molecular flexibility index (Phi) is 6.17. The topological polar surface area (TPSA) is 55.4 Å². The summed E-state index contributed by atoms with van der Waals surface area (Å²) in [6, 6.07) is 9.09. The number of aliphatic hydroxyl groups is 1. The normalized spacial score (nSPS) is 18.6. The van der Waals surface area contributed by atoms with Crippen molar-refractivity contribution in [3.05, 3.63) is 64.2 Å². The Hall–Kier alpha value is -2.06. The molecule has 0 unspecified atom stereocenters. The van der Waals surface area contributed by atoms with E-state index in [1.165, 1.54) is 17.7 Å². The van der Waals surface area contributed by atoms with E-state index in [0.717, 1.165) is 56.0 Å². The highest BCUT2D eigenvalue weighted by atomic mass is 32.1. The third kappa shape index (κ3) is 4.50. The molecular weight excluding hydrogens is 375 g/mol. The third-order valence-electron chi connectivity index (χ3n) is 5.34. The van der Waals surface area contributed by atoms with Gasteiger partial charge in [0.15, 0.2) is 0 Å². The first-order valence-electron chi connectivity index (χ1n) is 9.59. The summed E-state index contributed by atoms with van der Waals surface area (Å²) in [5.74, 6) is -0.247. The van der Waals surface area contributed by atoms with Gasteiger partial charge in [-0.15, -0.1) is 0 Å². The van der Waals surface area contributed by atoms with Gasteiger partial charge in [-0.05, 0) is 40.9 Å². The van der Waals surface area contributed by atoms with Crippen molar-refractivity contribution in [1.29, 1.82) is 0 Å². The number of nitrogens with zero attached hydrogens (tertiary/aromatic N) is 3. The number of H-pyrrole nitrogens is 1. The molecule has 1 aliphatic heterocycles. The number of rotatable bonds is 7. The quantitative estimate of drug-likeness (QED) is 0.639. The van der Waals surface area contributed by atoms with Crippen LogP contribution in [-0.2, 0) is 13.1 Å². The van der Waals surface area contributed by atoms with E-state index < -0.39 is 0 Å². The van der Waals surface area contributed by atoms with E-state index in [1.807, 2.05) is 12.3 Å². The van der Waals surface area contributed by atoms with Crippen LogP contribution in [0.3, 0.4) is 0 Å². The van der Waals surface area contributed by atoms with Gasteiger partial charge in [-0.1, -0.05) is 12.1 Å². The highest BCUT2D eigenvalue weighted by molar-refractivity contribution is 7.07. The number of aromatic nitrogens is 2. The first-order valence-corrected chi connectivity index (χ1v) is 10.5. The maximum Gasteiger partial charge on any atom is 0.123 e. The van der Waals surface area contributed by atoms with Crippen molar-refractivity contribution in [3.8, 4) is 11.3 Å². The molecule has 0 bridgehead atoms. The van der Waals surface area contributed by atoms with Gasteiger partial charge >= 0.3 is 0 Å². The number of piperazine rings is 1. The number of halogens is 1. The molecule has 0 amide bonds.